The summed E-state index contributed by atoms with van der Waals surface area (Å²) in [4.78, 5) is 4.50. The lowest BCUT2D eigenvalue weighted by molar-refractivity contribution is 0.501. The van der Waals surface area contributed by atoms with Gasteiger partial charge < -0.3 is 9.62 Å². The lowest BCUT2D eigenvalue weighted by atomic mass is 9.65. The SMILES string of the molecule is BBN(C)C.BBN(CC)CC. The monoisotopic (exact) mass is 166 g/mol. The van der Waals surface area contributed by atoms with E-state index in [1.807, 2.05) is 0 Å². The van der Waals surface area contributed by atoms with E-state index in [0.29, 0.717) is 0 Å². The zero-order valence-electron chi connectivity index (χ0n) is 9.72. The van der Waals surface area contributed by atoms with Gasteiger partial charge in [0.05, 0.1) is 15.5 Å². The van der Waals surface area contributed by atoms with Crippen LogP contribution in [0.4, 0.5) is 0 Å². The van der Waals surface area contributed by atoms with Crippen molar-refractivity contribution in [2.24, 2.45) is 0 Å². The standard InChI is InChI=1S/C4H13B2N.C2H9B2N/c1-3-7(4-2)6-5;1-5(2)4-3/h6H,3-5H2,1-2H3;4H,3H2,1-2H3. The molecule has 0 N–H and O–H groups in total. The Morgan fingerprint density at radius 2 is 1.33 bits per heavy atom. The van der Waals surface area contributed by atoms with Crippen LogP contribution in [0.1, 0.15) is 13.8 Å². The number of hydrogen-bond donors (Lipinski definition) is 0. The van der Waals surface area contributed by atoms with Gasteiger partial charge in [-0.1, -0.05) is 13.8 Å². The summed E-state index contributed by atoms with van der Waals surface area (Å²) in [5.41, 5.74) is 0. The Labute approximate surface area is 81.4 Å². The molecule has 0 radical (unpaired) electrons. The van der Waals surface area contributed by atoms with Crippen molar-refractivity contribution in [2.75, 3.05) is 27.2 Å². The van der Waals surface area contributed by atoms with Crippen LogP contribution >= 0.6 is 0 Å². The molecule has 0 spiro atoms. The summed E-state index contributed by atoms with van der Waals surface area (Å²) in [6.07, 6.45) is 0. The van der Waals surface area contributed by atoms with E-state index >= 15 is 0 Å². The van der Waals surface area contributed by atoms with Crippen molar-refractivity contribution in [3.8, 4) is 0 Å². The number of nitrogens with zero attached hydrogens (tertiary/aromatic N) is 2. The predicted molar refractivity (Wildman–Crippen MR) is 68.0 cm³/mol. The van der Waals surface area contributed by atoms with Crippen LogP contribution in [0.3, 0.4) is 0 Å². The number of rotatable bonds is 4. The summed E-state index contributed by atoms with van der Waals surface area (Å²) in [5.74, 6) is 0. The van der Waals surface area contributed by atoms with Crippen LogP contribution in [0.2, 0.25) is 0 Å². The molecule has 0 aromatic heterocycles. The van der Waals surface area contributed by atoms with Crippen LogP contribution in [0, 0.1) is 0 Å². The summed E-state index contributed by atoms with van der Waals surface area (Å²) >= 11 is 0. The van der Waals surface area contributed by atoms with Gasteiger partial charge in [0.2, 0.25) is 0 Å². The first-order valence-corrected chi connectivity index (χ1v) is 4.99. The van der Waals surface area contributed by atoms with E-state index in [0.717, 1.165) is 7.31 Å². The second-order valence-electron chi connectivity index (χ2n) is 3.02. The van der Waals surface area contributed by atoms with Crippen molar-refractivity contribution in [3.63, 3.8) is 0 Å². The Bertz CT molecular complexity index is 72.4. The Balaban J connectivity index is 0. The minimum Gasteiger partial charge on any atom is -0.358 e. The molecule has 0 aromatic rings. The van der Waals surface area contributed by atoms with E-state index in [1.54, 1.807) is 0 Å². The van der Waals surface area contributed by atoms with E-state index in [9.17, 15) is 0 Å². The molecule has 0 aliphatic heterocycles. The van der Waals surface area contributed by atoms with E-state index in [-0.39, 0.29) is 0 Å². The Kier molecular flexibility index (Phi) is 13.7. The molecule has 6 heteroatoms. The highest BCUT2D eigenvalue weighted by atomic mass is 15.0. The molecule has 0 aromatic carbocycles. The molecule has 0 amide bonds. The average molecular weight is 166 g/mol. The lowest BCUT2D eigenvalue weighted by Gasteiger charge is -2.13. The minimum atomic E-state index is 1.14. The second-order valence-corrected chi connectivity index (χ2v) is 3.02. The molecule has 0 aliphatic rings. The molecule has 0 fully saturated rings. The first-order valence-electron chi connectivity index (χ1n) is 4.99. The molecule has 0 aliphatic carbocycles. The van der Waals surface area contributed by atoms with Crippen molar-refractivity contribution < 1.29 is 0 Å². The highest BCUT2D eigenvalue weighted by Gasteiger charge is 1.91. The molecular formula is C6H22B4N2. The van der Waals surface area contributed by atoms with Crippen LogP contribution < -0.4 is 0 Å². The maximum atomic E-state index is 2.38. The van der Waals surface area contributed by atoms with Gasteiger partial charge in [0, 0.05) is 0 Å². The molecule has 68 valence electrons. The van der Waals surface area contributed by atoms with E-state index in [1.165, 1.54) is 20.4 Å². The topological polar surface area (TPSA) is 6.48 Å². The summed E-state index contributed by atoms with van der Waals surface area (Å²) < 4.78 is 0. The smallest absolute Gasteiger partial charge is 0.161 e. The lowest BCUT2D eigenvalue weighted by Crippen LogP contribution is -2.27. The van der Waals surface area contributed by atoms with Crippen LogP contribution in [0.5, 0.6) is 0 Å². The van der Waals surface area contributed by atoms with Crippen molar-refractivity contribution in [1.29, 1.82) is 0 Å². The molecule has 0 bridgehead atoms. The third kappa shape index (κ3) is 12.8. The fourth-order valence-corrected chi connectivity index (χ4v) is 0.671. The zero-order valence-corrected chi connectivity index (χ0v) is 9.72. The second kappa shape index (κ2) is 11.2. The molecule has 0 atom stereocenters. The molecule has 12 heavy (non-hydrogen) atoms. The summed E-state index contributed by atoms with van der Waals surface area (Å²) in [7, 11) is 10.8. The third-order valence-electron chi connectivity index (χ3n) is 1.97. The van der Waals surface area contributed by atoms with Crippen molar-refractivity contribution in [3.05, 3.63) is 0 Å². The maximum Gasteiger partial charge on any atom is 0.161 e. The minimum absolute atomic E-state index is 1.14. The van der Waals surface area contributed by atoms with Crippen LogP contribution in [0.15, 0.2) is 0 Å². The molecule has 0 rings (SSSR count). The normalized spacial score (nSPS) is 9.17. The van der Waals surface area contributed by atoms with E-state index < -0.39 is 0 Å². The third-order valence-corrected chi connectivity index (χ3v) is 1.97. The van der Waals surface area contributed by atoms with Gasteiger partial charge >= 0.3 is 0 Å². The fourth-order valence-electron chi connectivity index (χ4n) is 0.671. The molecule has 0 heterocycles. The quantitative estimate of drug-likeness (QED) is 0.432. The molecule has 0 saturated carbocycles. The Morgan fingerprint density at radius 1 is 1.00 bits per heavy atom. The summed E-state index contributed by atoms with van der Waals surface area (Å²) in [6.45, 7) is 6.75. The highest BCUT2D eigenvalue weighted by Crippen LogP contribution is 1.77. The van der Waals surface area contributed by atoms with Crippen molar-refractivity contribution >= 4 is 30.1 Å². The van der Waals surface area contributed by atoms with Gasteiger partial charge in [-0.15, -0.1) is 0 Å². The molecule has 0 unspecified atom stereocenters. The van der Waals surface area contributed by atoms with E-state index in [4.69, 9.17) is 0 Å². The van der Waals surface area contributed by atoms with Crippen molar-refractivity contribution in [2.45, 2.75) is 13.8 Å². The van der Waals surface area contributed by atoms with Gasteiger partial charge in [-0.05, 0) is 27.2 Å². The largest absolute Gasteiger partial charge is 0.358 e. The fraction of sp³-hybridized carbons (Fsp3) is 1.00. The van der Waals surface area contributed by atoms with E-state index in [2.05, 4.69) is 53.0 Å². The van der Waals surface area contributed by atoms with Crippen LogP contribution in [-0.4, -0.2) is 66.9 Å². The molecule has 0 saturated heterocycles. The average Bonchev–Trinajstić information content (AvgIpc) is 2.09. The van der Waals surface area contributed by atoms with Gasteiger partial charge in [0.15, 0.2) is 14.6 Å². The maximum absolute atomic E-state index is 2.38. The first kappa shape index (κ1) is 14.7. The van der Waals surface area contributed by atoms with Gasteiger partial charge in [-0.2, -0.15) is 0 Å². The van der Waals surface area contributed by atoms with Gasteiger partial charge in [-0.25, -0.2) is 0 Å². The molecule has 2 nitrogen and oxygen atoms in total. The van der Waals surface area contributed by atoms with Gasteiger partial charge in [0.1, 0.15) is 0 Å². The van der Waals surface area contributed by atoms with Crippen LogP contribution in [0.25, 0.3) is 0 Å². The van der Waals surface area contributed by atoms with Gasteiger partial charge in [-0.3, -0.25) is 0 Å². The summed E-state index contributed by atoms with van der Waals surface area (Å²) in [6, 6.07) is 0. The Morgan fingerprint density at radius 3 is 1.33 bits per heavy atom. The Hall–Kier alpha value is 0.180. The van der Waals surface area contributed by atoms with Crippen LogP contribution in [-0.2, 0) is 0 Å². The molecular weight excluding hydrogens is 143 g/mol. The predicted octanol–water partition coefficient (Wildman–Crippen LogP) is -2.32. The highest BCUT2D eigenvalue weighted by molar-refractivity contribution is 6.87. The van der Waals surface area contributed by atoms with Gasteiger partial charge in [0.25, 0.3) is 0 Å². The van der Waals surface area contributed by atoms with Crippen molar-refractivity contribution in [1.82, 2.24) is 9.62 Å². The zero-order chi connectivity index (χ0) is 9.98. The summed E-state index contributed by atoms with van der Waals surface area (Å²) in [5, 5.41) is 0. The number of hydrogen-bond acceptors (Lipinski definition) is 2. The first-order chi connectivity index (χ1) is 5.62.